The molecule has 1 aromatic carbocycles. The van der Waals surface area contributed by atoms with Gasteiger partial charge in [-0.1, -0.05) is 25.0 Å². The van der Waals surface area contributed by atoms with Gasteiger partial charge >= 0.3 is 0 Å². The van der Waals surface area contributed by atoms with Crippen molar-refractivity contribution < 1.29 is 23.8 Å². The first kappa shape index (κ1) is 24.3. The Morgan fingerprint density at radius 1 is 1.09 bits per heavy atom. The smallest absolute Gasteiger partial charge is 0.290 e. The van der Waals surface area contributed by atoms with Crippen molar-refractivity contribution >= 4 is 29.0 Å². The zero-order valence-corrected chi connectivity index (χ0v) is 20.3. The van der Waals surface area contributed by atoms with Crippen molar-refractivity contribution in [2.75, 3.05) is 26.4 Å². The first-order valence-corrected chi connectivity index (χ1v) is 12.9. The van der Waals surface area contributed by atoms with E-state index in [1.807, 2.05) is 24.3 Å². The molecule has 4 rings (SSSR count). The summed E-state index contributed by atoms with van der Waals surface area (Å²) in [6.07, 6.45) is 7.92. The van der Waals surface area contributed by atoms with Crippen LogP contribution in [0.3, 0.4) is 0 Å². The number of hydrogen-bond acceptors (Lipinski definition) is 7. The van der Waals surface area contributed by atoms with Gasteiger partial charge in [0.1, 0.15) is 11.9 Å². The Morgan fingerprint density at radius 3 is 2.45 bits per heavy atom. The van der Waals surface area contributed by atoms with Crippen LogP contribution in [0, 0.1) is 0 Å². The van der Waals surface area contributed by atoms with Crippen molar-refractivity contribution in [3.63, 3.8) is 0 Å². The van der Waals surface area contributed by atoms with E-state index < -0.39 is 0 Å². The van der Waals surface area contributed by atoms with Crippen LogP contribution in [0.5, 0.6) is 5.75 Å². The Kier molecular flexibility index (Phi) is 8.46. The van der Waals surface area contributed by atoms with E-state index in [2.05, 4.69) is 24.1 Å². The second-order valence-electron chi connectivity index (χ2n) is 8.67. The molecule has 1 N–H and O–H groups in total. The lowest BCUT2D eigenvalue weighted by molar-refractivity contribution is -0.115. The topological polar surface area (TPSA) is 77.1 Å². The molecule has 1 unspecified atom stereocenters. The number of rotatable bonds is 10. The van der Waals surface area contributed by atoms with Crippen LogP contribution in [0.4, 0.5) is 4.79 Å². The summed E-state index contributed by atoms with van der Waals surface area (Å²) in [4.78, 5) is 26.1. The van der Waals surface area contributed by atoms with E-state index in [9.17, 15) is 9.59 Å². The van der Waals surface area contributed by atoms with E-state index >= 15 is 0 Å². The Hall–Kier alpha value is -1.87. The number of ether oxygens (including phenoxy) is 3. The Labute approximate surface area is 200 Å². The number of likely N-dealkylation sites (tertiary alicyclic amines) is 1. The average molecular weight is 475 g/mol. The van der Waals surface area contributed by atoms with Crippen LogP contribution in [0.15, 0.2) is 29.2 Å². The molecule has 0 bridgehead atoms. The van der Waals surface area contributed by atoms with E-state index in [0.29, 0.717) is 36.8 Å². The number of thioether (sulfide) groups is 1. The fourth-order valence-corrected chi connectivity index (χ4v) is 5.85. The minimum Gasteiger partial charge on any atom is -0.494 e. The van der Waals surface area contributed by atoms with Crippen molar-refractivity contribution in [2.45, 2.75) is 70.2 Å². The number of imide groups is 1. The molecular weight excluding hydrogens is 440 g/mol. The maximum absolute atomic E-state index is 11.7. The van der Waals surface area contributed by atoms with Gasteiger partial charge in [-0.25, -0.2) is 0 Å². The van der Waals surface area contributed by atoms with Crippen LogP contribution in [0.1, 0.15) is 51.5 Å². The van der Waals surface area contributed by atoms with Crippen molar-refractivity contribution in [3.8, 4) is 5.75 Å². The average Bonchev–Trinajstić information content (AvgIpc) is 3.51. The lowest BCUT2D eigenvalue weighted by Gasteiger charge is -2.32. The molecule has 180 valence electrons. The lowest BCUT2D eigenvalue weighted by atomic mass is 10.1. The van der Waals surface area contributed by atoms with E-state index in [1.165, 1.54) is 25.7 Å². The van der Waals surface area contributed by atoms with Crippen molar-refractivity contribution in [1.82, 2.24) is 10.2 Å². The predicted octanol–water partition coefficient (Wildman–Crippen LogP) is 4.22. The second-order valence-corrected chi connectivity index (χ2v) is 9.69. The predicted molar refractivity (Wildman–Crippen MR) is 129 cm³/mol. The number of carbonyl (C=O) groups is 2. The Balaban J connectivity index is 1.36. The van der Waals surface area contributed by atoms with Gasteiger partial charge in [0.15, 0.2) is 0 Å². The van der Waals surface area contributed by atoms with Gasteiger partial charge in [-0.15, -0.1) is 0 Å². The normalized spacial score (nSPS) is 27.6. The summed E-state index contributed by atoms with van der Waals surface area (Å²) in [5.74, 6) is 0.444. The Bertz CT molecular complexity index is 853. The number of nitrogens with one attached hydrogen (secondary N) is 1. The highest BCUT2D eigenvalue weighted by Crippen LogP contribution is 2.34. The molecule has 1 aliphatic carbocycles. The van der Waals surface area contributed by atoms with Crippen molar-refractivity contribution in [1.29, 1.82) is 0 Å². The molecule has 1 aromatic rings. The molecule has 0 aromatic heterocycles. The third kappa shape index (κ3) is 5.98. The first-order valence-electron chi connectivity index (χ1n) is 12.1. The molecule has 3 atom stereocenters. The van der Waals surface area contributed by atoms with Gasteiger partial charge in [-0.2, -0.15) is 0 Å². The van der Waals surface area contributed by atoms with Gasteiger partial charge in [0.05, 0.1) is 17.6 Å². The van der Waals surface area contributed by atoms with Crippen LogP contribution in [-0.4, -0.2) is 66.7 Å². The van der Waals surface area contributed by atoms with E-state index in [-0.39, 0.29) is 23.4 Å². The summed E-state index contributed by atoms with van der Waals surface area (Å²) >= 11 is 0.922. The quantitative estimate of drug-likeness (QED) is 0.509. The first-order chi connectivity index (χ1) is 16.1. The lowest BCUT2D eigenvalue weighted by Crippen LogP contribution is -2.43. The highest BCUT2D eigenvalue weighted by Gasteiger charge is 2.45. The van der Waals surface area contributed by atoms with E-state index in [4.69, 9.17) is 14.2 Å². The van der Waals surface area contributed by atoms with Crippen LogP contribution in [0.2, 0.25) is 0 Å². The molecule has 7 nitrogen and oxygen atoms in total. The van der Waals surface area contributed by atoms with Crippen LogP contribution >= 0.6 is 11.8 Å². The monoisotopic (exact) mass is 474 g/mol. The highest BCUT2D eigenvalue weighted by molar-refractivity contribution is 8.18. The minimum atomic E-state index is -0.345. The maximum atomic E-state index is 11.7. The van der Waals surface area contributed by atoms with Gasteiger partial charge in [0.25, 0.3) is 11.1 Å². The Morgan fingerprint density at radius 2 is 1.82 bits per heavy atom. The van der Waals surface area contributed by atoms with E-state index in [0.717, 1.165) is 36.0 Å². The molecule has 2 amide bonds. The molecule has 2 saturated heterocycles. The fourth-order valence-electron chi connectivity index (χ4n) is 5.17. The third-order valence-electron chi connectivity index (χ3n) is 6.60. The van der Waals surface area contributed by atoms with Gasteiger partial charge in [-0.05, 0) is 68.6 Å². The highest BCUT2D eigenvalue weighted by atomic mass is 32.2. The van der Waals surface area contributed by atoms with Crippen molar-refractivity contribution in [3.05, 3.63) is 34.7 Å². The number of benzene rings is 1. The van der Waals surface area contributed by atoms with Gasteiger partial charge in [0.2, 0.25) is 0 Å². The van der Waals surface area contributed by atoms with Gasteiger partial charge in [-0.3, -0.25) is 19.8 Å². The minimum absolute atomic E-state index is 0.0749. The molecule has 1 saturated carbocycles. The van der Waals surface area contributed by atoms with Crippen LogP contribution in [-0.2, 0) is 14.3 Å². The number of hydrogen-bond donors (Lipinski definition) is 1. The summed E-state index contributed by atoms with van der Waals surface area (Å²) < 4.78 is 18.3. The molecule has 33 heavy (non-hydrogen) atoms. The molecule has 3 fully saturated rings. The largest absolute Gasteiger partial charge is 0.494 e. The summed E-state index contributed by atoms with van der Waals surface area (Å²) in [6.45, 7) is 7.02. The van der Waals surface area contributed by atoms with Crippen LogP contribution in [0.25, 0.3) is 6.08 Å². The number of carbonyl (C=O) groups excluding carboxylic acids is 2. The zero-order valence-electron chi connectivity index (χ0n) is 19.5. The van der Waals surface area contributed by atoms with Gasteiger partial charge in [0, 0.05) is 31.8 Å². The molecule has 0 radical (unpaired) electrons. The molecular formula is C25H34N2O5S. The fraction of sp³-hybridized carbons (Fsp3) is 0.600. The zero-order chi connectivity index (χ0) is 23.2. The molecule has 3 aliphatic rings. The molecule has 8 heteroatoms. The van der Waals surface area contributed by atoms with Crippen LogP contribution < -0.4 is 10.1 Å². The molecule has 0 spiro atoms. The summed E-state index contributed by atoms with van der Waals surface area (Å²) in [6, 6.07) is 8.51. The summed E-state index contributed by atoms with van der Waals surface area (Å²) in [7, 11) is 0. The van der Waals surface area contributed by atoms with Gasteiger partial charge < -0.3 is 14.2 Å². The molecule has 2 heterocycles. The third-order valence-corrected chi connectivity index (χ3v) is 7.41. The SMILES string of the molecule is CCO[C@@H]1CN(C2CCCC2)C(CCOc2ccc(/C=C3\SC(=O)NC3=O)cc2)[C@@H]1OCC. The summed E-state index contributed by atoms with van der Waals surface area (Å²) in [5.41, 5.74) is 0.855. The summed E-state index contributed by atoms with van der Waals surface area (Å²) in [5, 5.41) is 1.94. The van der Waals surface area contributed by atoms with E-state index in [1.54, 1.807) is 6.08 Å². The second kappa shape index (κ2) is 11.5. The number of amides is 2. The van der Waals surface area contributed by atoms with Crippen molar-refractivity contribution in [2.24, 2.45) is 0 Å². The maximum Gasteiger partial charge on any atom is 0.290 e. The standard InChI is InChI=1S/C25H34N2O5S/c1-3-30-21-16-27(18-7-5-6-8-18)20(23(21)31-4-2)13-14-32-19-11-9-17(10-12-19)15-22-24(28)26-25(29)33-22/h9-12,15,18,20-21,23H,3-8,13-14,16H2,1-2H3,(H,26,28,29)/b22-15-/t20?,21-,23+/m1/s1. The number of nitrogens with zero attached hydrogens (tertiary/aromatic N) is 1. The molecule has 2 aliphatic heterocycles.